The maximum Gasteiger partial charge on any atom is 0.310 e. The van der Waals surface area contributed by atoms with Gasteiger partial charge in [-0.15, -0.1) is 0 Å². The molecule has 0 aromatic rings. The highest BCUT2D eigenvalue weighted by molar-refractivity contribution is 5.74. The van der Waals surface area contributed by atoms with Gasteiger partial charge in [0.15, 0.2) is 0 Å². The minimum Gasteiger partial charge on any atom is -0.455 e. The molecule has 5 aliphatic carbocycles. The Bertz CT molecular complexity index is 577. The smallest absolute Gasteiger partial charge is 0.310 e. The molecule has 0 amide bonds. The second kappa shape index (κ2) is 4.22. The van der Waals surface area contributed by atoms with Crippen LogP contribution in [-0.2, 0) is 14.3 Å². The molecule has 0 aromatic carbocycles. The lowest BCUT2D eigenvalue weighted by Crippen LogP contribution is -2.41. The SMILES string of the molecule is C=CC1(OC(=O)C2CC3CC2C2C4CC(C5OC45)C32)CCCC1. The van der Waals surface area contributed by atoms with Gasteiger partial charge in [-0.3, -0.25) is 4.79 Å². The monoisotopic (exact) mass is 314 g/mol. The predicted octanol–water partition coefficient (Wildman–Crippen LogP) is 3.33. The fourth-order valence-electron chi connectivity index (χ4n) is 7.72. The summed E-state index contributed by atoms with van der Waals surface area (Å²) in [5.74, 6) is 4.84. The van der Waals surface area contributed by atoms with Crippen LogP contribution in [0.5, 0.6) is 0 Å². The highest BCUT2D eigenvalue weighted by atomic mass is 16.6. The molecule has 0 aromatic heterocycles. The van der Waals surface area contributed by atoms with Crippen molar-refractivity contribution < 1.29 is 14.3 Å². The first-order valence-corrected chi connectivity index (χ1v) is 9.73. The van der Waals surface area contributed by atoms with Gasteiger partial charge in [0.2, 0.25) is 0 Å². The number of rotatable bonds is 3. The van der Waals surface area contributed by atoms with E-state index in [0.717, 1.165) is 61.7 Å². The van der Waals surface area contributed by atoms with E-state index in [1.54, 1.807) is 0 Å². The van der Waals surface area contributed by atoms with E-state index < -0.39 is 0 Å². The molecule has 0 radical (unpaired) electrons. The summed E-state index contributed by atoms with van der Waals surface area (Å²) in [5, 5.41) is 0. The molecule has 0 N–H and O–H groups in total. The fraction of sp³-hybridized carbons (Fsp3) is 0.850. The number of esters is 1. The number of hydrogen-bond acceptors (Lipinski definition) is 3. The highest BCUT2D eigenvalue weighted by Gasteiger charge is 2.74. The molecular formula is C20H26O3. The third-order valence-corrected chi connectivity index (χ3v) is 8.50. The molecule has 1 heterocycles. The molecule has 0 spiro atoms. The standard InChI is InChI=1S/C20H26O3/c1-2-20(5-3-4-6-20)23-19(21)12-8-10-7-11(12)16-14-9-13(15(10)16)17-18(14)22-17/h2,10-18H,1,3-9H2. The van der Waals surface area contributed by atoms with E-state index in [2.05, 4.69) is 6.58 Å². The Labute approximate surface area is 137 Å². The number of ether oxygens (including phenoxy) is 2. The molecule has 3 nitrogen and oxygen atoms in total. The average molecular weight is 314 g/mol. The molecule has 5 saturated carbocycles. The molecule has 6 fully saturated rings. The summed E-state index contributed by atoms with van der Waals surface area (Å²) in [6, 6.07) is 0. The van der Waals surface area contributed by atoms with Gasteiger partial charge >= 0.3 is 5.97 Å². The fourth-order valence-corrected chi connectivity index (χ4v) is 7.72. The maximum atomic E-state index is 12.9. The molecule has 23 heavy (non-hydrogen) atoms. The van der Waals surface area contributed by atoms with Crippen molar-refractivity contribution in [1.29, 1.82) is 0 Å². The van der Waals surface area contributed by atoms with Crippen LogP contribution in [-0.4, -0.2) is 23.8 Å². The Balaban J connectivity index is 1.23. The average Bonchev–Trinajstić information content (AvgIpc) is 3.07. The Morgan fingerprint density at radius 3 is 2.52 bits per heavy atom. The van der Waals surface area contributed by atoms with Gasteiger partial charge in [-0.05, 0) is 86.5 Å². The maximum absolute atomic E-state index is 12.9. The van der Waals surface area contributed by atoms with Crippen molar-refractivity contribution in [2.45, 2.75) is 62.8 Å². The Kier molecular flexibility index (Phi) is 2.47. The second-order valence-corrected chi connectivity index (χ2v) is 9.18. The topological polar surface area (TPSA) is 38.8 Å². The van der Waals surface area contributed by atoms with Gasteiger partial charge in [-0.2, -0.15) is 0 Å². The van der Waals surface area contributed by atoms with Gasteiger partial charge in [-0.25, -0.2) is 0 Å². The third kappa shape index (κ3) is 1.58. The highest BCUT2D eigenvalue weighted by Crippen LogP contribution is 2.73. The number of hydrogen-bond donors (Lipinski definition) is 0. The van der Waals surface area contributed by atoms with Crippen LogP contribution in [0.2, 0.25) is 0 Å². The normalized spacial score (nSPS) is 56.4. The Morgan fingerprint density at radius 1 is 1.04 bits per heavy atom. The van der Waals surface area contributed by atoms with E-state index in [1.165, 1.54) is 12.8 Å². The van der Waals surface area contributed by atoms with Gasteiger partial charge in [0.05, 0.1) is 18.1 Å². The van der Waals surface area contributed by atoms with E-state index >= 15 is 0 Å². The van der Waals surface area contributed by atoms with Crippen LogP contribution < -0.4 is 0 Å². The number of epoxide rings is 1. The zero-order valence-corrected chi connectivity index (χ0v) is 13.7. The van der Waals surface area contributed by atoms with Crippen LogP contribution in [0.15, 0.2) is 12.7 Å². The largest absolute Gasteiger partial charge is 0.455 e. The summed E-state index contributed by atoms with van der Waals surface area (Å²) in [7, 11) is 0. The lowest BCUT2D eigenvalue weighted by molar-refractivity contribution is -0.163. The Morgan fingerprint density at radius 2 is 1.78 bits per heavy atom. The first-order chi connectivity index (χ1) is 11.2. The molecule has 6 aliphatic rings. The first kappa shape index (κ1) is 13.5. The van der Waals surface area contributed by atoms with Crippen molar-refractivity contribution in [2.75, 3.05) is 0 Å². The van der Waals surface area contributed by atoms with Gasteiger partial charge in [0.1, 0.15) is 5.60 Å². The molecular weight excluding hydrogens is 288 g/mol. The molecule has 6 rings (SSSR count). The van der Waals surface area contributed by atoms with Crippen molar-refractivity contribution in [3.8, 4) is 0 Å². The van der Waals surface area contributed by atoms with Crippen molar-refractivity contribution >= 4 is 5.97 Å². The quantitative estimate of drug-likeness (QED) is 0.347. The molecule has 9 unspecified atom stereocenters. The van der Waals surface area contributed by atoms with Crippen LogP contribution in [0.3, 0.4) is 0 Å². The van der Waals surface area contributed by atoms with Crippen LogP contribution in [0.25, 0.3) is 0 Å². The first-order valence-electron chi connectivity index (χ1n) is 9.73. The summed E-state index contributed by atoms with van der Waals surface area (Å²) in [6.45, 7) is 3.95. The van der Waals surface area contributed by atoms with E-state index in [-0.39, 0.29) is 17.5 Å². The lowest BCUT2D eigenvalue weighted by atomic mass is 9.67. The molecule has 4 bridgehead atoms. The van der Waals surface area contributed by atoms with Crippen molar-refractivity contribution in [1.82, 2.24) is 0 Å². The van der Waals surface area contributed by atoms with Crippen LogP contribution in [0, 0.1) is 41.4 Å². The third-order valence-electron chi connectivity index (χ3n) is 8.50. The van der Waals surface area contributed by atoms with E-state index in [4.69, 9.17) is 9.47 Å². The number of fused-ring (bicyclic) bond motifs is 12. The zero-order valence-electron chi connectivity index (χ0n) is 13.7. The van der Waals surface area contributed by atoms with Gasteiger partial charge in [0.25, 0.3) is 0 Å². The minimum absolute atomic E-state index is 0.0915. The van der Waals surface area contributed by atoms with Crippen LogP contribution in [0.1, 0.15) is 44.9 Å². The summed E-state index contributed by atoms with van der Waals surface area (Å²) < 4.78 is 12.0. The second-order valence-electron chi connectivity index (χ2n) is 9.18. The Hall–Kier alpha value is -0.830. The summed E-state index contributed by atoms with van der Waals surface area (Å²) in [4.78, 5) is 12.9. The summed E-state index contributed by atoms with van der Waals surface area (Å²) >= 11 is 0. The minimum atomic E-state index is -0.350. The predicted molar refractivity (Wildman–Crippen MR) is 84.4 cm³/mol. The zero-order chi connectivity index (χ0) is 15.3. The molecule has 1 saturated heterocycles. The number of carbonyl (C=O) groups excluding carboxylic acids is 1. The van der Waals surface area contributed by atoms with Gasteiger partial charge < -0.3 is 9.47 Å². The van der Waals surface area contributed by atoms with E-state index in [9.17, 15) is 4.79 Å². The van der Waals surface area contributed by atoms with Crippen LogP contribution in [0.4, 0.5) is 0 Å². The van der Waals surface area contributed by atoms with Gasteiger partial charge in [0, 0.05) is 0 Å². The van der Waals surface area contributed by atoms with Crippen molar-refractivity contribution in [2.24, 2.45) is 41.4 Å². The number of carbonyl (C=O) groups is 1. The molecule has 124 valence electrons. The molecule has 3 heteroatoms. The molecule has 9 atom stereocenters. The van der Waals surface area contributed by atoms with E-state index in [0.29, 0.717) is 18.1 Å². The summed E-state index contributed by atoms with van der Waals surface area (Å²) in [5.41, 5.74) is -0.350. The lowest BCUT2D eigenvalue weighted by Gasteiger charge is -2.37. The van der Waals surface area contributed by atoms with Gasteiger partial charge in [-0.1, -0.05) is 6.58 Å². The van der Waals surface area contributed by atoms with E-state index in [1.807, 2.05) is 6.08 Å². The van der Waals surface area contributed by atoms with Crippen molar-refractivity contribution in [3.05, 3.63) is 12.7 Å². The van der Waals surface area contributed by atoms with Crippen LogP contribution >= 0.6 is 0 Å². The summed E-state index contributed by atoms with van der Waals surface area (Å²) in [6.07, 6.45) is 11.1. The molecule has 1 aliphatic heterocycles. The van der Waals surface area contributed by atoms with Crippen molar-refractivity contribution in [3.63, 3.8) is 0 Å².